The van der Waals surface area contributed by atoms with E-state index in [-0.39, 0.29) is 11.6 Å². The molecule has 0 fully saturated rings. The zero-order valence-corrected chi connectivity index (χ0v) is 18.1. The molecule has 4 aromatic rings. The number of benzene rings is 3. The number of hydrogen-bond donors (Lipinski definition) is 0. The van der Waals surface area contributed by atoms with Crippen LogP contribution in [0.3, 0.4) is 0 Å². The van der Waals surface area contributed by atoms with Crippen LogP contribution >= 0.6 is 0 Å². The van der Waals surface area contributed by atoms with Crippen LogP contribution in [0.1, 0.15) is 21.6 Å². The van der Waals surface area contributed by atoms with E-state index in [1.54, 1.807) is 24.4 Å². The lowest BCUT2D eigenvalue weighted by Crippen LogP contribution is -2.35. The number of aromatic nitrogens is 2. The van der Waals surface area contributed by atoms with Gasteiger partial charge < -0.3 is 4.90 Å². The van der Waals surface area contributed by atoms with Crippen LogP contribution in [0.4, 0.5) is 5.69 Å². The fourth-order valence-electron chi connectivity index (χ4n) is 3.63. The lowest BCUT2D eigenvalue weighted by atomic mass is 10.1. The smallest absolute Gasteiger partial charge is 0.274 e. The van der Waals surface area contributed by atoms with Crippen LogP contribution in [-0.4, -0.2) is 38.6 Å². The van der Waals surface area contributed by atoms with Crippen molar-refractivity contribution in [1.82, 2.24) is 14.7 Å². The Labute approximate surface area is 192 Å². The molecular weight excluding hydrogens is 416 g/mol. The van der Waals surface area contributed by atoms with Gasteiger partial charge in [-0.05, 0) is 36.1 Å². The number of carbonyl (C=O) groups excluding carboxylic acids is 1. The number of hydrogen-bond acceptors (Lipinski definition) is 4. The summed E-state index contributed by atoms with van der Waals surface area (Å²) in [6.45, 7) is 1.14. The highest BCUT2D eigenvalue weighted by atomic mass is 16.6. The van der Waals surface area contributed by atoms with Gasteiger partial charge in [0, 0.05) is 31.4 Å². The molecule has 3 aromatic carbocycles. The van der Waals surface area contributed by atoms with Gasteiger partial charge in [-0.2, -0.15) is 5.10 Å². The van der Waals surface area contributed by atoms with Crippen molar-refractivity contribution in [1.29, 1.82) is 0 Å². The topological polar surface area (TPSA) is 81.3 Å². The molecule has 0 radical (unpaired) electrons. The molecule has 0 spiro atoms. The van der Waals surface area contributed by atoms with Crippen LogP contribution in [0.5, 0.6) is 0 Å². The normalized spacial score (nSPS) is 10.7. The molecule has 4 rings (SSSR count). The van der Waals surface area contributed by atoms with E-state index in [4.69, 9.17) is 0 Å². The predicted molar refractivity (Wildman–Crippen MR) is 126 cm³/mol. The van der Waals surface area contributed by atoms with Crippen molar-refractivity contribution in [3.63, 3.8) is 0 Å². The van der Waals surface area contributed by atoms with Gasteiger partial charge in [0.1, 0.15) is 0 Å². The van der Waals surface area contributed by atoms with Gasteiger partial charge in [-0.25, -0.2) is 4.68 Å². The van der Waals surface area contributed by atoms with Crippen molar-refractivity contribution in [3.05, 3.63) is 124 Å². The van der Waals surface area contributed by atoms with E-state index in [2.05, 4.69) is 29.4 Å². The summed E-state index contributed by atoms with van der Waals surface area (Å²) in [7, 11) is 0. The van der Waals surface area contributed by atoms with E-state index in [0.29, 0.717) is 24.5 Å². The van der Waals surface area contributed by atoms with E-state index < -0.39 is 4.92 Å². The summed E-state index contributed by atoms with van der Waals surface area (Å²) in [4.78, 5) is 25.8. The number of nitro benzene ring substituents is 1. The van der Waals surface area contributed by atoms with Gasteiger partial charge in [-0.1, -0.05) is 66.7 Å². The number of rotatable bonds is 9. The minimum atomic E-state index is -0.450. The Bertz CT molecular complexity index is 1180. The number of carbonyl (C=O) groups is 1. The van der Waals surface area contributed by atoms with Gasteiger partial charge >= 0.3 is 0 Å². The average molecular weight is 441 g/mol. The molecule has 7 nitrogen and oxygen atoms in total. The number of amides is 1. The van der Waals surface area contributed by atoms with E-state index in [0.717, 1.165) is 24.0 Å². The first kappa shape index (κ1) is 22.0. The SMILES string of the molecule is O=C(c1ccn(-c2cccc([N+](=O)[O-])c2)n1)N(CCc1ccccc1)CCc1ccccc1. The Hall–Kier alpha value is -4.26. The molecular formula is C26H24N4O3. The van der Waals surface area contributed by atoms with Crippen molar-refractivity contribution in [2.75, 3.05) is 13.1 Å². The molecule has 0 saturated carbocycles. The van der Waals surface area contributed by atoms with Crippen molar-refractivity contribution in [3.8, 4) is 5.69 Å². The average Bonchev–Trinajstić information content (AvgIpc) is 3.35. The highest BCUT2D eigenvalue weighted by Gasteiger charge is 2.19. The molecule has 0 aliphatic heterocycles. The fourth-order valence-corrected chi connectivity index (χ4v) is 3.63. The Morgan fingerprint density at radius 2 is 1.45 bits per heavy atom. The number of nitrogens with zero attached hydrogens (tertiary/aromatic N) is 4. The lowest BCUT2D eigenvalue weighted by Gasteiger charge is -2.22. The minimum Gasteiger partial charge on any atom is -0.337 e. The zero-order valence-electron chi connectivity index (χ0n) is 18.1. The Kier molecular flexibility index (Phi) is 6.90. The maximum Gasteiger partial charge on any atom is 0.274 e. The Morgan fingerprint density at radius 3 is 2.03 bits per heavy atom. The van der Waals surface area contributed by atoms with Crippen molar-refractivity contribution in [2.24, 2.45) is 0 Å². The van der Waals surface area contributed by atoms with Crippen LogP contribution in [0.15, 0.2) is 97.2 Å². The molecule has 7 heteroatoms. The molecule has 0 aliphatic rings. The van der Waals surface area contributed by atoms with Crippen LogP contribution in [-0.2, 0) is 12.8 Å². The highest BCUT2D eigenvalue weighted by molar-refractivity contribution is 5.92. The zero-order chi connectivity index (χ0) is 23.0. The van der Waals surface area contributed by atoms with E-state index in [1.165, 1.54) is 16.8 Å². The van der Waals surface area contributed by atoms with Gasteiger partial charge in [-0.15, -0.1) is 0 Å². The molecule has 33 heavy (non-hydrogen) atoms. The van der Waals surface area contributed by atoms with Gasteiger partial charge in [-0.3, -0.25) is 14.9 Å². The van der Waals surface area contributed by atoms with Crippen molar-refractivity contribution < 1.29 is 9.72 Å². The summed E-state index contributed by atoms with van der Waals surface area (Å²) in [6.07, 6.45) is 3.14. The summed E-state index contributed by atoms with van der Waals surface area (Å²) in [6, 6.07) is 28.0. The first-order valence-corrected chi connectivity index (χ1v) is 10.8. The summed E-state index contributed by atoms with van der Waals surface area (Å²) in [5, 5.41) is 15.5. The van der Waals surface area contributed by atoms with Crippen LogP contribution in [0.25, 0.3) is 5.69 Å². The van der Waals surface area contributed by atoms with Gasteiger partial charge in [0.15, 0.2) is 5.69 Å². The first-order chi connectivity index (χ1) is 16.1. The molecule has 1 aromatic heterocycles. The second-order valence-corrected chi connectivity index (χ2v) is 7.69. The summed E-state index contributed by atoms with van der Waals surface area (Å²) >= 11 is 0. The second-order valence-electron chi connectivity index (χ2n) is 7.69. The molecule has 0 atom stereocenters. The van der Waals surface area contributed by atoms with Crippen LogP contribution in [0, 0.1) is 10.1 Å². The summed E-state index contributed by atoms with van der Waals surface area (Å²) in [5.74, 6) is -0.161. The standard InChI is InChI=1S/C26H24N4O3/c31-26(25-16-19-29(27-25)23-12-7-13-24(20-23)30(32)33)28(17-14-21-8-3-1-4-9-21)18-15-22-10-5-2-6-11-22/h1-13,16,19-20H,14-15,17-18H2. The molecule has 1 heterocycles. The first-order valence-electron chi connectivity index (χ1n) is 10.8. The monoisotopic (exact) mass is 440 g/mol. The molecule has 0 bridgehead atoms. The van der Waals surface area contributed by atoms with Crippen LogP contribution < -0.4 is 0 Å². The van der Waals surface area contributed by atoms with E-state index >= 15 is 0 Å². The molecule has 0 aliphatic carbocycles. The number of nitro groups is 1. The third-order valence-electron chi connectivity index (χ3n) is 5.43. The third-order valence-corrected chi connectivity index (χ3v) is 5.43. The maximum absolute atomic E-state index is 13.3. The molecule has 0 unspecified atom stereocenters. The lowest BCUT2D eigenvalue weighted by molar-refractivity contribution is -0.384. The van der Waals surface area contributed by atoms with Gasteiger partial charge in [0.2, 0.25) is 0 Å². The highest BCUT2D eigenvalue weighted by Crippen LogP contribution is 2.17. The third kappa shape index (κ3) is 5.71. The van der Waals surface area contributed by atoms with Crippen molar-refractivity contribution >= 4 is 11.6 Å². The maximum atomic E-state index is 13.3. The van der Waals surface area contributed by atoms with Crippen molar-refractivity contribution in [2.45, 2.75) is 12.8 Å². The largest absolute Gasteiger partial charge is 0.337 e. The Balaban J connectivity index is 1.52. The van der Waals surface area contributed by atoms with E-state index in [1.807, 2.05) is 41.3 Å². The minimum absolute atomic E-state index is 0.0248. The summed E-state index contributed by atoms with van der Waals surface area (Å²) < 4.78 is 1.49. The second kappa shape index (κ2) is 10.4. The predicted octanol–water partition coefficient (Wildman–Crippen LogP) is 4.71. The van der Waals surface area contributed by atoms with Gasteiger partial charge in [0.05, 0.1) is 10.6 Å². The Morgan fingerprint density at radius 1 is 0.848 bits per heavy atom. The quantitative estimate of drug-likeness (QED) is 0.279. The number of non-ortho nitro benzene ring substituents is 1. The van der Waals surface area contributed by atoms with E-state index in [9.17, 15) is 14.9 Å². The molecule has 0 saturated heterocycles. The fraction of sp³-hybridized carbons (Fsp3) is 0.154. The van der Waals surface area contributed by atoms with Crippen LogP contribution in [0.2, 0.25) is 0 Å². The summed E-state index contributed by atoms with van der Waals surface area (Å²) in [5.41, 5.74) is 3.14. The van der Waals surface area contributed by atoms with Gasteiger partial charge in [0.25, 0.3) is 11.6 Å². The molecule has 166 valence electrons. The molecule has 1 amide bonds. The molecule has 0 N–H and O–H groups in total.